The van der Waals surface area contributed by atoms with Crippen LogP contribution < -0.4 is 10.2 Å². The number of nitrogens with zero attached hydrogens (tertiary/aromatic N) is 2. The molecule has 2 heterocycles. The van der Waals surface area contributed by atoms with Crippen LogP contribution in [0, 0.1) is 0 Å². The van der Waals surface area contributed by atoms with Crippen LogP contribution in [0.4, 0.5) is 11.5 Å². The minimum Gasteiger partial charge on any atom is -0.357 e. The second kappa shape index (κ2) is 7.56. The Labute approximate surface area is 153 Å². The summed E-state index contributed by atoms with van der Waals surface area (Å²) < 4.78 is 0. The van der Waals surface area contributed by atoms with E-state index in [0.717, 1.165) is 35.4 Å². The van der Waals surface area contributed by atoms with Gasteiger partial charge in [-0.25, -0.2) is 4.98 Å². The number of aromatic nitrogens is 1. The minimum atomic E-state index is -0.0974. The van der Waals surface area contributed by atoms with Crippen molar-refractivity contribution >= 4 is 28.2 Å². The van der Waals surface area contributed by atoms with Crippen molar-refractivity contribution in [3.63, 3.8) is 0 Å². The molecule has 2 aromatic carbocycles. The van der Waals surface area contributed by atoms with E-state index in [1.807, 2.05) is 36.4 Å². The van der Waals surface area contributed by atoms with Gasteiger partial charge in [-0.05, 0) is 36.4 Å². The summed E-state index contributed by atoms with van der Waals surface area (Å²) in [7, 11) is 0. The molecule has 1 saturated heterocycles. The van der Waals surface area contributed by atoms with Crippen molar-refractivity contribution in [3.8, 4) is 0 Å². The van der Waals surface area contributed by atoms with E-state index in [4.69, 9.17) is 0 Å². The highest BCUT2D eigenvalue weighted by molar-refractivity contribution is 6.09. The maximum Gasteiger partial charge on any atom is 0.255 e. The van der Waals surface area contributed by atoms with Gasteiger partial charge < -0.3 is 10.2 Å². The molecule has 0 radical (unpaired) electrons. The number of anilines is 2. The van der Waals surface area contributed by atoms with Crippen molar-refractivity contribution in [1.82, 2.24) is 4.98 Å². The van der Waals surface area contributed by atoms with Crippen LogP contribution in [-0.4, -0.2) is 24.0 Å². The number of rotatable bonds is 3. The molecule has 132 valence electrons. The SMILES string of the molecule is O=C(Nc1cccc2ccccc12)c1ccnc(N2CCCCCC2)c1. The van der Waals surface area contributed by atoms with Crippen LogP contribution in [0.5, 0.6) is 0 Å². The Balaban J connectivity index is 1.57. The summed E-state index contributed by atoms with van der Waals surface area (Å²) >= 11 is 0. The van der Waals surface area contributed by atoms with E-state index in [1.54, 1.807) is 12.3 Å². The second-order valence-corrected chi connectivity index (χ2v) is 6.78. The Morgan fingerprint density at radius 3 is 2.54 bits per heavy atom. The molecule has 1 aliphatic rings. The lowest BCUT2D eigenvalue weighted by molar-refractivity contribution is 0.102. The largest absolute Gasteiger partial charge is 0.357 e. The molecule has 0 bridgehead atoms. The van der Waals surface area contributed by atoms with Crippen LogP contribution >= 0.6 is 0 Å². The van der Waals surface area contributed by atoms with Gasteiger partial charge in [-0.3, -0.25) is 4.79 Å². The lowest BCUT2D eigenvalue weighted by Gasteiger charge is -2.21. The number of fused-ring (bicyclic) bond motifs is 1. The van der Waals surface area contributed by atoms with E-state index in [2.05, 4.69) is 27.3 Å². The zero-order valence-electron chi connectivity index (χ0n) is 14.8. The summed E-state index contributed by atoms with van der Waals surface area (Å²) in [5, 5.41) is 5.22. The van der Waals surface area contributed by atoms with E-state index >= 15 is 0 Å². The standard InChI is InChI=1S/C22H23N3O/c26-22(24-20-11-7-9-17-8-3-4-10-19(17)20)18-12-13-23-21(16-18)25-14-5-1-2-6-15-25/h3-4,7-13,16H,1-2,5-6,14-15H2,(H,24,26). The van der Waals surface area contributed by atoms with Crippen LogP contribution in [-0.2, 0) is 0 Å². The molecule has 0 atom stereocenters. The topological polar surface area (TPSA) is 45.2 Å². The molecule has 4 nitrogen and oxygen atoms in total. The minimum absolute atomic E-state index is 0.0974. The third-order valence-electron chi connectivity index (χ3n) is 4.98. The van der Waals surface area contributed by atoms with E-state index < -0.39 is 0 Å². The molecular formula is C22H23N3O. The van der Waals surface area contributed by atoms with Crippen molar-refractivity contribution in [2.24, 2.45) is 0 Å². The number of pyridine rings is 1. The molecule has 1 aromatic heterocycles. The Morgan fingerprint density at radius 1 is 0.923 bits per heavy atom. The van der Waals surface area contributed by atoms with E-state index in [0.29, 0.717) is 5.56 Å². The van der Waals surface area contributed by atoms with Crippen molar-refractivity contribution in [3.05, 3.63) is 66.4 Å². The molecular weight excluding hydrogens is 322 g/mol. The van der Waals surface area contributed by atoms with Crippen LogP contribution in [0.15, 0.2) is 60.8 Å². The Morgan fingerprint density at radius 2 is 1.69 bits per heavy atom. The zero-order chi connectivity index (χ0) is 17.8. The first-order valence-electron chi connectivity index (χ1n) is 9.31. The lowest BCUT2D eigenvalue weighted by Crippen LogP contribution is -2.25. The Bertz CT molecular complexity index is 909. The van der Waals surface area contributed by atoms with Gasteiger partial charge in [0.2, 0.25) is 0 Å². The second-order valence-electron chi connectivity index (χ2n) is 6.78. The molecule has 1 N–H and O–H groups in total. The van der Waals surface area contributed by atoms with E-state index in [1.165, 1.54) is 25.7 Å². The first-order chi connectivity index (χ1) is 12.8. The number of hydrogen-bond acceptors (Lipinski definition) is 3. The fraction of sp³-hybridized carbons (Fsp3) is 0.273. The maximum atomic E-state index is 12.8. The zero-order valence-corrected chi connectivity index (χ0v) is 14.8. The third-order valence-corrected chi connectivity index (χ3v) is 4.98. The average Bonchev–Trinajstić information content (AvgIpc) is 2.98. The summed E-state index contributed by atoms with van der Waals surface area (Å²) in [5.74, 6) is 0.803. The molecule has 0 spiro atoms. The molecule has 1 aliphatic heterocycles. The van der Waals surface area contributed by atoms with Crippen molar-refractivity contribution in [2.75, 3.05) is 23.3 Å². The molecule has 26 heavy (non-hydrogen) atoms. The monoisotopic (exact) mass is 345 g/mol. The summed E-state index contributed by atoms with van der Waals surface area (Å²) in [4.78, 5) is 19.6. The van der Waals surface area contributed by atoms with Gasteiger partial charge in [-0.2, -0.15) is 0 Å². The molecule has 4 heteroatoms. The molecule has 0 aliphatic carbocycles. The molecule has 0 unspecified atom stereocenters. The number of carbonyl (C=O) groups is 1. The summed E-state index contributed by atoms with van der Waals surface area (Å²) in [6.07, 6.45) is 6.66. The highest BCUT2D eigenvalue weighted by Gasteiger charge is 2.14. The Hall–Kier alpha value is -2.88. The predicted octanol–water partition coefficient (Wildman–Crippen LogP) is 4.87. The predicted molar refractivity (Wildman–Crippen MR) is 107 cm³/mol. The summed E-state index contributed by atoms with van der Waals surface area (Å²) in [6, 6.07) is 17.7. The van der Waals surface area contributed by atoms with E-state index in [-0.39, 0.29) is 5.91 Å². The maximum absolute atomic E-state index is 12.8. The molecule has 4 rings (SSSR count). The number of amides is 1. The van der Waals surface area contributed by atoms with Gasteiger partial charge in [-0.15, -0.1) is 0 Å². The molecule has 3 aromatic rings. The van der Waals surface area contributed by atoms with Gasteiger partial charge in [0.25, 0.3) is 5.91 Å². The first-order valence-corrected chi connectivity index (χ1v) is 9.31. The number of hydrogen-bond donors (Lipinski definition) is 1. The van der Waals surface area contributed by atoms with E-state index in [9.17, 15) is 4.79 Å². The van der Waals surface area contributed by atoms with Gasteiger partial charge in [0.05, 0.1) is 0 Å². The van der Waals surface area contributed by atoms with Gasteiger partial charge in [0.15, 0.2) is 0 Å². The van der Waals surface area contributed by atoms with Gasteiger partial charge in [-0.1, -0.05) is 49.2 Å². The van der Waals surface area contributed by atoms with Crippen LogP contribution in [0.3, 0.4) is 0 Å². The normalized spacial score (nSPS) is 14.8. The van der Waals surface area contributed by atoms with Crippen molar-refractivity contribution < 1.29 is 4.79 Å². The van der Waals surface area contributed by atoms with Gasteiger partial charge in [0.1, 0.15) is 5.82 Å². The summed E-state index contributed by atoms with van der Waals surface area (Å²) in [5.41, 5.74) is 1.48. The first kappa shape index (κ1) is 16.6. The van der Waals surface area contributed by atoms with Crippen LogP contribution in [0.2, 0.25) is 0 Å². The van der Waals surface area contributed by atoms with Crippen LogP contribution in [0.25, 0.3) is 10.8 Å². The van der Waals surface area contributed by atoms with Gasteiger partial charge >= 0.3 is 0 Å². The molecule has 1 fully saturated rings. The quantitative estimate of drug-likeness (QED) is 0.737. The lowest BCUT2D eigenvalue weighted by atomic mass is 10.1. The number of carbonyl (C=O) groups excluding carboxylic acids is 1. The number of nitrogens with one attached hydrogen (secondary N) is 1. The fourth-order valence-corrected chi connectivity index (χ4v) is 3.56. The van der Waals surface area contributed by atoms with Crippen LogP contribution in [0.1, 0.15) is 36.0 Å². The summed E-state index contributed by atoms with van der Waals surface area (Å²) in [6.45, 7) is 2.03. The fourth-order valence-electron chi connectivity index (χ4n) is 3.56. The smallest absolute Gasteiger partial charge is 0.255 e. The van der Waals surface area contributed by atoms with Crippen molar-refractivity contribution in [2.45, 2.75) is 25.7 Å². The highest BCUT2D eigenvalue weighted by Crippen LogP contribution is 2.24. The Kier molecular flexibility index (Phi) is 4.82. The van der Waals surface area contributed by atoms with Crippen molar-refractivity contribution in [1.29, 1.82) is 0 Å². The number of benzene rings is 2. The highest BCUT2D eigenvalue weighted by atomic mass is 16.1. The molecule has 0 saturated carbocycles. The average molecular weight is 345 g/mol. The molecule has 1 amide bonds. The van der Waals surface area contributed by atoms with Gasteiger partial charge in [0, 0.05) is 35.9 Å². The third kappa shape index (κ3) is 3.54.